The number of hydrogen-bond donors (Lipinski definition) is 0. The van der Waals surface area contributed by atoms with Gasteiger partial charge in [0.2, 0.25) is 10.0 Å². The minimum absolute atomic E-state index is 0.156. The molecule has 20 heavy (non-hydrogen) atoms. The topological polar surface area (TPSA) is 42.3 Å². The van der Waals surface area contributed by atoms with E-state index in [2.05, 4.69) is 11.5 Å². The lowest BCUT2D eigenvalue weighted by Crippen LogP contribution is -2.34. The summed E-state index contributed by atoms with van der Waals surface area (Å²) in [4.78, 5) is 0.417. The van der Waals surface area contributed by atoms with E-state index in [-0.39, 0.29) is 6.04 Å². The quantitative estimate of drug-likeness (QED) is 0.783. The largest absolute Gasteiger partial charge is 0.346 e. The number of nitrogens with zero attached hydrogens (tertiary/aromatic N) is 2. The molecule has 1 aliphatic carbocycles. The molecule has 1 unspecified atom stereocenters. The molecule has 6 heteroatoms. The van der Waals surface area contributed by atoms with Gasteiger partial charge in [-0.1, -0.05) is 6.92 Å². The van der Waals surface area contributed by atoms with E-state index in [4.69, 9.17) is 11.6 Å². The van der Waals surface area contributed by atoms with Gasteiger partial charge >= 0.3 is 0 Å². The Morgan fingerprint density at radius 3 is 2.70 bits per heavy atom. The lowest BCUT2D eigenvalue weighted by molar-refractivity contribution is 0.379. The molecular weight excluding hydrogens is 296 g/mol. The molecule has 3 rings (SSSR count). The molecule has 1 aromatic heterocycles. The normalized spacial score (nSPS) is 24.4. The lowest BCUT2D eigenvalue weighted by Gasteiger charge is -2.22. The predicted molar refractivity (Wildman–Crippen MR) is 79.5 cm³/mol. The van der Waals surface area contributed by atoms with Crippen LogP contribution < -0.4 is 0 Å². The fourth-order valence-corrected chi connectivity index (χ4v) is 5.14. The number of halogens is 1. The predicted octanol–water partition coefficient (Wildman–Crippen LogP) is 3.12. The molecule has 1 atom stereocenters. The molecule has 0 amide bonds. The van der Waals surface area contributed by atoms with Crippen LogP contribution in [0.1, 0.15) is 50.8 Å². The Bertz CT molecular complexity index is 592. The molecule has 2 heterocycles. The standard InChI is InChI=1S/C14H21ClN2O2S/c1-2-11-4-3-7-17(11)20(18,19)14-8-13(9-15)16(10-14)12-5-6-12/h8,10-12H,2-7,9H2,1H3. The fourth-order valence-electron chi connectivity index (χ4n) is 3.11. The highest BCUT2D eigenvalue weighted by Crippen LogP contribution is 2.38. The van der Waals surface area contributed by atoms with Crippen LogP contribution in [-0.2, 0) is 15.9 Å². The Labute approximate surface area is 125 Å². The Kier molecular flexibility index (Phi) is 3.86. The maximum absolute atomic E-state index is 12.8. The summed E-state index contributed by atoms with van der Waals surface area (Å²) in [5.74, 6) is 0.364. The third kappa shape index (κ3) is 2.40. The molecule has 0 N–H and O–H groups in total. The third-order valence-electron chi connectivity index (χ3n) is 4.38. The number of hydrogen-bond acceptors (Lipinski definition) is 2. The highest BCUT2D eigenvalue weighted by Gasteiger charge is 2.36. The van der Waals surface area contributed by atoms with Gasteiger partial charge in [-0.05, 0) is 38.2 Å². The van der Waals surface area contributed by atoms with Crippen LogP contribution in [0.25, 0.3) is 0 Å². The van der Waals surface area contributed by atoms with Crippen molar-refractivity contribution in [2.45, 2.75) is 61.9 Å². The third-order valence-corrected chi connectivity index (χ3v) is 6.58. The molecule has 4 nitrogen and oxygen atoms in total. The first-order valence-corrected chi connectivity index (χ1v) is 9.34. The second-order valence-corrected chi connectivity index (χ2v) is 7.92. The van der Waals surface area contributed by atoms with Gasteiger partial charge in [0.05, 0.1) is 5.88 Å². The zero-order valence-corrected chi connectivity index (χ0v) is 13.3. The van der Waals surface area contributed by atoms with Crippen molar-refractivity contribution in [2.75, 3.05) is 6.54 Å². The van der Waals surface area contributed by atoms with Crippen molar-refractivity contribution in [3.8, 4) is 0 Å². The molecule has 1 aromatic rings. The number of alkyl halides is 1. The summed E-state index contributed by atoms with van der Waals surface area (Å²) < 4.78 is 29.3. The zero-order chi connectivity index (χ0) is 14.3. The molecule has 2 fully saturated rings. The summed E-state index contributed by atoms with van der Waals surface area (Å²) in [7, 11) is -3.36. The molecule has 0 bridgehead atoms. The van der Waals surface area contributed by atoms with Crippen molar-refractivity contribution >= 4 is 21.6 Å². The number of sulfonamides is 1. The van der Waals surface area contributed by atoms with Gasteiger partial charge in [-0.2, -0.15) is 4.31 Å². The van der Waals surface area contributed by atoms with E-state index in [1.54, 1.807) is 16.6 Å². The Morgan fingerprint density at radius 1 is 1.35 bits per heavy atom. The molecule has 0 spiro atoms. The maximum atomic E-state index is 12.8. The van der Waals surface area contributed by atoms with Crippen molar-refractivity contribution < 1.29 is 8.42 Å². The van der Waals surface area contributed by atoms with Crippen molar-refractivity contribution in [1.29, 1.82) is 0 Å². The number of aromatic nitrogens is 1. The van der Waals surface area contributed by atoms with E-state index < -0.39 is 10.0 Å². The van der Waals surface area contributed by atoms with E-state index in [0.29, 0.717) is 23.4 Å². The van der Waals surface area contributed by atoms with Gasteiger partial charge in [-0.3, -0.25) is 0 Å². The summed E-state index contributed by atoms with van der Waals surface area (Å²) in [6, 6.07) is 2.36. The second kappa shape index (κ2) is 5.35. The SMILES string of the molecule is CCC1CCCN1S(=O)(=O)c1cc(CCl)n(C2CC2)c1. The van der Waals surface area contributed by atoms with Gasteiger partial charge < -0.3 is 4.57 Å². The van der Waals surface area contributed by atoms with Crippen molar-refractivity contribution in [3.05, 3.63) is 18.0 Å². The van der Waals surface area contributed by atoms with E-state index in [0.717, 1.165) is 37.8 Å². The summed E-state index contributed by atoms with van der Waals surface area (Å²) in [5.41, 5.74) is 0.917. The monoisotopic (exact) mass is 316 g/mol. The minimum atomic E-state index is -3.36. The molecule has 2 aliphatic rings. The smallest absolute Gasteiger partial charge is 0.244 e. The Balaban J connectivity index is 1.94. The van der Waals surface area contributed by atoms with Gasteiger partial charge in [0.1, 0.15) is 4.90 Å². The molecule has 112 valence electrons. The van der Waals surface area contributed by atoms with Gasteiger partial charge in [0, 0.05) is 30.5 Å². The zero-order valence-electron chi connectivity index (χ0n) is 11.8. The average Bonchev–Trinajstić information content (AvgIpc) is 3.01. The van der Waals surface area contributed by atoms with Gasteiger partial charge in [-0.25, -0.2) is 8.42 Å². The first kappa shape index (κ1) is 14.4. The Hall–Kier alpha value is -0.520. The van der Waals surface area contributed by atoms with Crippen LogP contribution in [0.15, 0.2) is 17.2 Å². The highest BCUT2D eigenvalue weighted by molar-refractivity contribution is 7.89. The molecule has 0 aromatic carbocycles. The van der Waals surface area contributed by atoms with E-state index in [1.807, 2.05) is 0 Å². The van der Waals surface area contributed by atoms with Crippen LogP contribution in [0.3, 0.4) is 0 Å². The van der Waals surface area contributed by atoms with Gasteiger partial charge in [0.15, 0.2) is 0 Å². The summed E-state index contributed by atoms with van der Waals surface area (Å²) in [6.45, 7) is 2.70. The van der Waals surface area contributed by atoms with Crippen molar-refractivity contribution in [3.63, 3.8) is 0 Å². The summed E-state index contributed by atoms with van der Waals surface area (Å²) >= 11 is 5.95. The summed E-state index contributed by atoms with van der Waals surface area (Å²) in [5, 5.41) is 0. The fraction of sp³-hybridized carbons (Fsp3) is 0.714. The number of rotatable bonds is 5. The molecule has 1 saturated heterocycles. The van der Waals surface area contributed by atoms with E-state index in [9.17, 15) is 8.42 Å². The first-order valence-electron chi connectivity index (χ1n) is 7.36. The minimum Gasteiger partial charge on any atom is -0.346 e. The summed E-state index contributed by atoms with van der Waals surface area (Å²) in [6.07, 6.45) is 6.85. The highest BCUT2D eigenvalue weighted by atomic mass is 35.5. The molecular formula is C14H21ClN2O2S. The lowest BCUT2D eigenvalue weighted by atomic mass is 10.2. The van der Waals surface area contributed by atoms with E-state index in [1.165, 1.54) is 0 Å². The van der Waals surface area contributed by atoms with Gasteiger partial charge in [0.25, 0.3) is 0 Å². The van der Waals surface area contributed by atoms with Crippen LogP contribution >= 0.6 is 11.6 Å². The van der Waals surface area contributed by atoms with Crippen molar-refractivity contribution in [1.82, 2.24) is 8.87 Å². The van der Waals surface area contributed by atoms with E-state index >= 15 is 0 Å². The molecule has 1 saturated carbocycles. The maximum Gasteiger partial charge on any atom is 0.244 e. The van der Waals surface area contributed by atoms with Gasteiger partial charge in [-0.15, -0.1) is 11.6 Å². The molecule has 1 aliphatic heterocycles. The Morgan fingerprint density at radius 2 is 2.10 bits per heavy atom. The van der Waals surface area contributed by atoms with Crippen LogP contribution in [0.2, 0.25) is 0 Å². The van der Waals surface area contributed by atoms with Crippen LogP contribution in [0, 0.1) is 0 Å². The van der Waals surface area contributed by atoms with Crippen molar-refractivity contribution in [2.24, 2.45) is 0 Å². The van der Waals surface area contributed by atoms with Crippen LogP contribution in [-0.4, -0.2) is 29.9 Å². The van der Waals surface area contributed by atoms with Crippen LogP contribution in [0.4, 0.5) is 0 Å². The average molecular weight is 317 g/mol. The second-order valence-electron chi connectivity index (χ2n) is 5.76. The first-order chi connectivity index (χ1) is 9.57. The van der Waals surface area contributed by atoms with Crippen LogP contribution in [0.5, 0.6) is 0 Å². The molecule has 0 radical (unpaired) electrons.